The van der Waals surface area contributed by atoms with Crippen molar-refractivity contribution in [2.24, 2.45) is 11.8 Å². The summed E-state index contributed by atoms with van der Waals surface area (Å²) >= 11 is 0. The van der Waals surface area contributed by atoms with E-state index in [9.17, 15) is 13.2 Å². The molecular formula is C19H24N2O4S. The van der Waals surface area contributed by atoms with Crippen LogP contribution in [0.4, 0.5) is 0 Å². The van der Waals surface area contributed by atoms with E-state index in [0.717, 1.165) is 6.42 Å². The zero-order chi connectivity index (χ0) is 18.7. The Hall–Kier alpha value is -2.12. The molecule has 1 fully saturated rings. The first kappa shape index (κ1) is 18.7. The van der Waals surface area contributed by atoms with Crippen molar-refractivity contribution in [3.63, 3.8) is 0 Å². The van der Waals surface area contributed by atoms with Crippen molar-refractivity contribution in [2.45, 2.75) is 31.7 Å². The number of furan rings is 1. The van der Waals surface area contributed by atoms with E-state index in [1.807, 2.05) is 0 Å². The van der Waals surface area contributed by atoms with Crippen molar-refractivity contribution in [3.8, 4) is 0 Å². The summed E-state index contributed by atoms with van der Waals surface area (Å²) in [6.07, 6.45) is 2.59. The fraction of sp³-hybridized carbons (Fsp3) is 0.421. The lowest BCUT2D eigenvalue weighted by atomic mass is 9.94. The van der Waals surface area contributed by atoms with Gasteiger partial charge in [0, 0.05) is 18.7 Å². The summed E-state index contributed by atoms with van der Waals surface area (Å²) in [5.41, 5.74) is 0.413. The maximum absolute atomic E-state index is 12.9. The number of carbonyl (C=O) groups excluding carboxylic acids is 1. The van der Waals surface area contributed by atoms with Crippen LogP contribution in [0.15, 0.2) is 52.0 Å². The van der Waals surface area contributed by atoms with E-state index in [4.69, 9.17) is 4.42 Å². The zero-order valence-electron chi connectivity index (χ0n) is 15.0. The van der Waals surface area contributed by atoms with E-state index in [-0.39, 0.29) is 17.3 Å². The van der Waals surface area contributed by atoms with Gasteiger partial charge in [-0.3, -0.25) is 4.79 Å². The van der Waals surface area contributed by atoms with Gasteiger partial charge in [-0.05, 0) is 54.7 Å². The molecule has 3 rings (SSSR count). The molecule has 0 bridgehead atoms. The second-order valence-electron chi connectivity index (χ2n) is 7.05. The normalized spacial score (nSPS) is 21.5. The summed E-state index contributed by atoms with van der Waals surface area (Å²) in [5.74, 6) is 1.08. The Morgan fingerprint density at radius 2 is 1.81 bits per heavy atom. The molecule has 2 aromatic rings. The third kappa shape index (κ3) is 4.16. The van der Waals surface area contributed by atoms with Crippen LogP contribution in [-0.2, 0) is 16.6 Å². The topological polar surface area (TPSA) is 79.6 Å². The highest BCUT2D eigenvalue weighted by molar-refractivity contribution is 7.89. The second kappa shape index (κ2) is 7.63. The third-order valence-corrected chi connectivity index (χ3v) is 6.44. The number of amides is 1. The van der Waals surface area contributed by atoms with Crippen LogP contribution in [0, 0.1) is 11.8 Å². The molecule has 1 amide bonds. The molecule has 0 spiro atoms. The first-order valence-corrected chi connectivity index (χ1v) is 10.2. The monoisotopic (exact) mass is 376 g/mol. The van der Waals surface area contributed by atoms with Crippen molar-refractivity contribution in [3.05, 3.63) is 54.0 Å². The smallest absolute Gasteiger partial charge is 0.251 e. The number of carbonyl (C=O) groups is 1. The molecule has 1 aromatic heterocycles. The average Bonchev–Trinajstić information content (AvgIpc) is 3.12. The number of sulfonamides is 1. The Balaban J connectivity index is 1.69. The molecule has 1 aromatic carbocycles. The Bertz CT molecular complexity index is 834. The molecule has 0 aliphatic carbocycles. The highest BCUT2D eigenvalue weighted by atomic mass is 32.2. The highest BCUT2D eigenvalue weighted by Gasteiger charge is 2.31. The van der Waals surface area contributed by atoms with Crippen LogP contribution in [-0.4, -0.2) is 31.7 Å². The number of nitrogens with zero attached hydrogens (tertiary/aromatic N) is 1. The maximum Gasteiger partial charge on any atom is 0.251 e. The molecule has 0 radical (unpaired) electrons. The van der Waals surface area contributed by atoms with Crippen molar-refractivity contribution in [2.75, 3.05) is 13.1 Å². The molecule has 1 N–H and O–H groups in total. The Kier molecular flexibility index (Phi) is 5.48. The van der Waals surface area contributed by atoms with Crippen LogP contribution in [0.2, 0.25) is 0 Å². The average molecular weight is 376 g/mol. The van der Waals surface area contributed by atoms with Gasteiger partial charge in [0.25, 0.3) is 5.91 Å². The molecule has 1 aliphatic rings. The highest BCUT2D eigenvalue weighted by Crippen LogP contribution is 2.26. The predicted octanol–water partition coefficient (Wildman–Crippen LogP) is 2.88. The number of hydrogen-bond donors (Lipinski definition) is 1. The van der Waals surface area contributed by atoms with E-state index in [0.29, 0.717) is 36.2 Å². The second-order valence-corrected chi connectivity index (χ2v) is 8.99. The van der Waals surface area contributed by atoms with E-state index >= 15 is 0 Å². The molecule has 2 heterocycles. The molecule has 1 aliphatic heterocycles. The summed E-state index contributed by atoms with van der Waals surface area (Å²) in [7, 11) is -3.53. The molecule has 6 nitrogen and oxygen atoms in total. The number of benzene rings is 1. The van der Waals surface area contributed by atoms with Crippen LogP contribution in [0.3, 0.4) is 0 Å². The first-order chi connectivity index (χ1) is 12.4. The lowest BCUT2D eigenvalue weighted by Crippen LogP contribution is -2.42. The van der Waals surface area contributed by atoms with E-state index < -0.39 is 10.0 Å². The Morgan fingerprint density at radius 3 is 2.38 bits per heavy atom. The minimum Gasteiger partial charge on any atom is -0.467 e. The Morgan fingerprint density at radius 1 is 1.15 bits per heavy atom. The van der Waals surface area contributed by atoms with Crippen LogP contribution >= 0.6 is 0 Å². The van der Waals surface area contributed by atoms with Crippen LogP contribution in [0.25, 0.3) is 0 Å². The number of nitrogens with one attached hydrogen (secondary N) is 1. The molecule has 26 heavy (non-hydrogen) atoms. The van der Waals surface area contributed by atoms with Gasteiger partial charge in [0.1, 0.15) is 5.76 Å². The van der Waals surface area contributed by atoms with Crippen molar-refractivity contribution in [1.29, 1.82) is 0 Å². The molecule has 2 atom stereocenters. The first-order valence-electron chi connectivity index (χ1n) is 8.77. The molecular weight excluding hydrogens is 352 g/mol. The summed E-state index contributed by atoms with van der Waals surface area (Å²) in [6, 6.07) is 9.62. The van der Waals surface area contributed by atoms with Gasteiger partial charge in [0.2, 0.25) is 10.0 Å². The predicted molar refractivity (Wildman–Crippen MR) is 98.0 cm³/mol. The van der Waals surface area contributed by atoms with Gasteiger partial charge in [0.15, 0.2) is 0 Å². The fourth-order valence-electron chi connectivity index (χ4n) is 3.41. The maximum atomic E-state index is 12.9. The van der Waals surface area contributed by atoms with Crippen LogP contribution in [0.5, 0.6) is 0 Å². The molecule has 140 valence electrons. The lowest BCUT2D eigenvalue weighted by Gasteiger charge is -2.34. The summed E-state index contributed by atoms with van der Waals surface area (Å²) < 4.78 is 32.4. The molecule has 0 saturated carbocycles. The van der Waals surface area contributed by atoms with Gasteiger partial charge in [-0.2, -0.15) is 4.31 Å². The van der Waals surface area contributed by atoms with Crippen LogP contribution in [0.1, 0.15) is 36.4 Å². The van der Waals surface area contributed by atoms with E-state index in [2.05, 4.69) is 19.2 Å². The van der Waals surface area contributed by atoms with Crippen LogP contribution < -0.4 is 5.32 Å². The number of piperidine rings is 1. The minimum absolute atomic E-state index is 0.224. The van der Waals surface area contributed by atoms with Gasteiger partial charge in [-0.25, -0.2) is 8.42 Å². The lowest BCUT2D eigenvalue weighted by molar-refractivity contribution is 0.0948. The number of hydrogen-bond acceptors (Lipinski definition) is 4. The SMILES string of the molecule is C[C@@H]1C[C@H](C)CN(S(=O)(=O)c2ccc(C(=O)NCc3ccco3)cc2)C1. The molecule has 0 unspecified atom stereocenters. The Labute approximate surface area is 154 Å². The largest absolute Gasteiger partial charge is 0.467 e. The fourth-order valence-corrected chi connectivity index (χ4v) is 5.09. The van der Waals surface area contributed by atoms with Crippen molar-refractivity contribution >= 4 is 15.9 Å². The van der Waals surface area contributed by atoms with E-state index in [1.54, 1.807) is 34.8 Å². The number of rotatable bonds is 5. The van der Waals surface area contributed by atoms with Gasteiger partial charge < -0.3 is 9.73 Å². The quantitative estimate of drug-likeness (QED) is 0.870. The van der Waals surface area contributed by atoms with Crippen molar-refractivity contribution < 1.29 is 17.6 Å². The standard InChI is InChI=1S/C19H24N2O4S/c1-14-10-15(2)13-21(12-14)26(23,24)18-7-5-16(6-8-18)19(22)20-11-17-4-3-9-25-17/h3-9,14-15H,10-13H2,1-2H3,(H,20,22)/t14-,15+. The van der Waals surface area contributed by atoms with Gasteiger partial charge in [0.05, 0.1) is 17.7 Å². The molecule has 1 saturated heterocycles. The molecule has 7 heteroatoms. The zero-order valence-corrected chi connectivity index (χ0v) is 15.8. The van der Waals surface area contributed by atoms with Gasteiger partial charge >= 0.3 is 0 Å². The van der Waals surface area contributed by atoms with E-state index in [1.165, 1.54) is 12.1 Å². The van der Waals surface area contributed by atoms with Crippen molar-refractivity contribution in [1.82, 2.24) is 9.62 Å². The summed E-state index contributed by atoms with van der Waals surface area (Å²) in [5, 5.41) is 2.74. The summed E-state index contributed by atoms with van der Waals surface area (Å²) in [4.78, 5) is 12.4. The van der Waals surface area contributed by atoms with Gasteiger partial charge in [-0.1, -0.05) is 13.8 Å². The third-order valence-electron chi connectivity index (χ3n) is 4.59. The van der Waals surface area contributed by atoms with Gasteiger partial charge in [-0.15, -0.1) is 0 Å². The summed E-state index contributed by atoms with van der Waals surface area (Å²) in [6.45, 7) is 5.51. The minimum atomic E-state index is -3.53.